The first-order chi connectivity index (χ1) is 8.58. The van der Waals surface area contributed by atoms with Gasteiger partial charge in [-0.25, -0.2) is 0 Å². The van der Waals surface area contributed by atoms with Gasteiger partial charge in [-0.1, -0.05) is 20.8 Å². The fourth-order valence-electron chi connectivity index (χ4n) is 2.85. The van der Waals surface area contributed by atoms with Gasteiger partial charge in [0.25, 0.3) is 0 Å². The minimum atomic E-state index is 0. The van der Waals surface area contributed by atoms with Crippen LogP contribution >= 0.6 is 0 Å². The largest absolute Gasteiger partial charge is 1.00 e. The second-order valence-corrected chi connectivity index (χ2v) is 6.12. The van der Waals surface area contributed by atoms with Gasteiger partial charge in [0.2, 0.25) is 0 Å². The third-order valence-electron chi connectivity index (χ3n) is 4.38. The number of piperazine rings is 1. The van der Waals surface area contributed by atoms with Gasteiger partial charge in [0.15, 0.2) is 5.91 Å². The van der Waals surface area contributed by atoms with Crippen LogP contribution in [0, 0.1) is 24.9 Å². The van der Waals surface area contributed by atoms with Crippen molar-refractivity contribution in [1.29, 1.82) is 0 Å². The number of hydrogen-bond acceptors (Lipinski definition) is 2. The molecular weight excluding hydrogens is 566 g/mol. The molecule has 1 saturated heterocycles. The average Bonchev–Trinajstić information content (AvgIpc) is 2.39. The van der Waals surface area contributed by atoms with Crippen molar-refractivity contribution in [3.05, 3.63) is 13.1 Å². The Bertz CT molecular complexity index is 289. The van der Waals surface area contributed by atoms with Crippen molar-refractivity contribution in [3.8, 4) is 0 Å². The monoisotopic (exact) mass is 590 g/mol. The molecule has 2 rings (SSSR count). The summed E-state index contributed by atoms with van der Waals surface area (Å²) >= 11 is 0. The zero-order valence-corrected chi connectivity index (χ0v) is 35.6. The molecule has 1 saturated carbocycles. The van der Waals surface area contributed by atoms with E-state index in [0.29, 0.717) is 11.9 Å². The molecule has 0 spiro atoms. The van der Waals surface area contributed by atoms with E-state index in [1.807, 2.05) is 18.0 Å². The standard InChI is InChI=1S/C15H26N2O.4Rb/c1-12(2)16-8-10-17(11-9-16)15(18)14-6-4-13(3)5-7-14;;;;/h10-14H,4-9H2,1-3H3;;;;/q-2;4*+1. The van der Waals surface area contributed by atoms with Gasteiger partial charge in [0.05, 0.1) is 0 Å². The first-order valence-corrected chi connectivity index (χ1v) is 7.30. The minimum absolute atomic E-state index is 0. The summed E-state index contributed by atoms with van der Waals surface area (Å²) in [5, 5.41) is 0. The third-order valence-corrected chi connectivity index (χ3v) is 4.38. The van der Waals surface area contributed by atoms with Gasteiger partial charge in [0, 0.05) is 5.92 Å². The van der Waals surface area contributed by atoms with Crippen molar-refractivity contribution < 1.29 is 238 Å². The summed E-state index contributed by atoms with van der Waals surface area (Å²) in [4.78, 5) is 16.6. The summed E-state index contributed by atoms with van der Waals surface area (Å²) in [6.45, 7) is 12.6. The van der Waals surface area contributed by atoms with E-state index in [1.165, 1.54) is 12.8 Å². The van der Waals surface area contributed by atoms with Crippen molar-refractivity contribution in [2.75, 3.05) is 13.1 Å². The van der Waals surface area contributed by atoms with E-state index < -0.39 is 0 Å². The molecule has 0 bridgehead atoms. The van der Waals surface area contributed by atoms with E-state index in [0.717, 1.165) is 31.8 Å². The smallest absolute Gasteiger partial charge is 0.634 e. The van der Waals surface area contributed by atoms with Crippen molar-refractivity contribution in [3.63, 3.8) is 0 Å². The molecule has 7 heteroatoms. The Morgan fingerprint density at radius 2 is 1.41 bits per heavy atom. The van der Waals surface area contributed by atoms with E-state index in [1.54, 1.807) is 0 Å². The summed E-state index contributed by atoms with van der Waals surface area (Å²) in [7, 11) is 0. The molecule has 0 radical (unpaired) electrons. The van der Waals surface area contributed by atoms with Gasteiger partial charge in [-0.2, -0.15) is 0 Å². The molecule has 0 aromatic rings. The zero-order valence-electron chi connectivity index (χ0n) is 15.9. The molecule has 0 aromatic carbocycles. The van der Waals surface area contributed by atoms with E-state index >= 15 is 0 Å². The van der Waals surface area contributed by atoms with Crippen LogP contribution in [0.5, 0.6) is 0 Å². The van der Waals surface area contributed by atoms with Gasteiger partial charge < -0.3 is 9.80 Å². The van der Waals surface area contributed by atoms with Crippen molar-refractivity contribution in [1.82, 2.24) is 9.80 Å². The van der Waals surface area contributed by atoms with Gasteiger partial charge in [0.1, 0.15) is 0 Å². The number of carbonyl (C=O) groups excluding carboxylic acids is 1. The van der Waals surface area contributed by atoms with Gasteiger partial charge in [-0.05, 0) is 37.6 Å². The molecule has 2 fully saturated rings. The first-order valence-electron chi connectivity index (χ1n) is 7.30. The number of amides is 1. The van der Waals surface area contributed by atoms with Crippen LogP contribution in [0.3, 0.4) is 0 Å². The number of carbonyl (C=O) groups is 1. The summed E-state index contributed by atoms with van der Waals surface area (Å²) < 4.78 is 0. The van der Waals surface area contributed by atoms with Crippen LogP contribution < -0.4 is 233 Å². The Morgan fingerprint density at radius 3 is 1.82 bits per heavy atom. The topological polar surface area (TPSA) is 23.6 Å². The maximum atomic E-state index is 12.4. The Hall–Kier alpha value is 6.65. The molecule has 0 unspecified atom stereocenters. The van der Waals surface area contributed by atoms with Crippen LogP contribution in [0.15, 0.2) is 0 Å². The Balaban J connectivity index is -0.000000902. The molecule has 1 aliphatic heterocycles. The second kappa shape index (κ2) is 18.4. The molecule has 0 N–H and O–H groups in total. The third kappa shape index (κ3) is 11.7. The summed E-state index contributed by atoms with van der Waals surface area (Å²) in [6, 6.07) is 0.547. The van der Waals surface area contributed by atoms with Crippen LogP contribution in [0.1, 0.15) is 46.5 Å². The van der Waals surface area contributed by atoms with Crippen LogP contribution in [0.25, 0.3) is 0 Å². The minimum Gasteiger partial charge on any atom is -0.634 e. The predicted octanol–water partition coefficient (Wildman–Crippen LogP) is -9.30. The molecule has 22 heavy (non-hydrogen) atoms. The van der Waals surface area contributed by atoms with E-state index in [9.17, 15) is 4.79 Å². The average molecular weight is 592 g/mol. The number of hydrogen-bond donors (Lipinski definition) is 0. The van der Waals surface area contributed by atoms with Crippen molar-refractivity contribution >= 4 is 5.91 Å². The molecule has 1 aliphatic carbocycles. The Labute approximate surface area is 333 Å². The molecule has 1 amide bonds. The summed E-state index contributed by atoms with van der Waals surface area (Å²) in [5.74, 6) is 1.39. The molecule has 1 heterocycles. The number of rotatable bonds is 2. The molecule has 2 aliphatic rings. The Morgan fingerprint density at radius 1 is 0.955 bits per heavy atom. The summed E-state index contributed by atoms with van der Waals surface area (Å²) in [6.07, 6.45) is 4.57. The van der Waals surface area contributed by atoms with E-state index in [2.05, 4.69) is 25.7 Å². The van der Waals surface area contributed by atoms with Gasteiger partial charge in [-0.3, -0.25) is 17.9 Å². The van der Waals surface area contributed by atoms with Crippen LogP contribution in [0.2, 0.25) is 0 Å². The van der Waals surface area contributed by atoms with Crippen LogP contribution in [-0.2, 0) is 4.79 Å². The molecular formula is C15H26N2ORb4+2. The van der Waals surface area contributed by atoms with E-state index in [4.69, 9.17) is 0 Å². The SMILES string of the molecule is CC1CCC(C(=O)N2[CH-]CN(C(C)C)C[CH-]2)CC1.[Rb+].[Rb+].[Rb+].[Rb+]. The zero-order chi connectivity index (χ0) is 13.1. The molecule has 0 aromatic heterocycles. The fourth-order valence-corrected chi connectivity index (χ4v) is 2.85. The molecule has 0 atom stereocenters. The predicted molar refractivity (Wildman–Crippen MR) is 73.3 cm³/mol. The van der Waals surface area contributed by atoms with Crippen molar-refractivity contribution in [2.24, 2.45) is 11.8 Å². The quantitative estimate of drug-likeness (QED) is 0.298. The van der Waals surface area contributed by atoms with E-state index in [-0.39, 0.29) is 239 Å². The maximum absolute atomic E-state index is 12.4. The summed E-state index contributed by atoms with van der Waals surface area (Å²) in [5.41, 5.74) is 0. The first kappa shape index (κ1) is 33.3. The van der Waals surface area contributed by atoms with Crippen LogP contribution in [-0.4, -0.2) is 34.8 Å². The molecule has 3 nitrogen and oxygen atoms in total. The Kier molecular flexibility index (Phi) is 27.9. The normalized spacial score (nSPS) is 25.2. The number of nitrogens with zero attached hydrogens (tertiary/aromatic N) is 2. The van der Waals surface area contributed by atoms with Gasteiger partial charge >= 0.3 is 233 Å². The maximum Gasteiger partial charge on any atom is 1.00 e. The van der Waals surface area contributed by atoms with Gasteiger partial charge in [-0.15, -0.1) is 13.1 Å². The second-order valence-electron chi connectivity index (χ2n) is 6.12. The fraction of sp³-hybridized carbons (Fsp3) is 0.800. The molecule has 104 valence electrons. The van der Waals surface area contributed by atoms with Crippen LogP contribution in [0.4, 0.5) is 0 Å². The van der Waals surface area contributed by atoms with Crippen molar-refractivity contribution in [2.45, 2.75) is 52.5 Å².